The van der Waals surface area contributed by atoms with E-state index in [-0.39, 0.29) is 10.6 Å². The van der Waals surface area contributed by atoms with Crippen LogP contribution in [0.4, 0.5) is 5.69 Å². The topological polar surface area (TPSA) is 72.5 Å². The maximum absolute atomic E-state index is 12.6. The van der Waals surface area contributed by atoms with Gasteiger partial charge in [-0.2, -0.15) is 0 Å². The number of sulfone groups is 1. The van der Waals surface area contributed by atoms with Gasteiger partial charge < -0.3 is 10.1 Å². The van der Waals surface area contributed by atoms with Crippen LogP contribution < -0.4 is 10.1 Å². The molecule has 26 heavy (non-hydrogen) atoms. The molecule has 8 heteroatoms. The molecule has 0 saturated heterocycles. The Kier molecular flexibility index (Phi) is 5.04. The number of anilines is 1. The van der Waals surface area contributed by atoms with Gasteiger partial charge in [-0.25, -0.2) is 8.42 Å². The first-order chi connectivity index (χ1) is 12.4. The standard InChI is InChI=1S/C18H14ClNO4S2/c1-3-26(22,23)11-8-9-13(14(10-11)24-2)20-18(21)17-16(19)12-6-4-5-7-15(12)25-17/h3-10H,1H2,2H3,(H,20,21). The first kappa shape index (κ1) is 18.4. The molecule has 134 valence electrons. The van der Waals surface area contributed by atoms with E-state index in [2.05, 4.69) is 11.9 Å². The van der Waals surface area contributed by atoms with E-state index in [4.69, 9.17) is 16.3 Å². The van der Waals surface area contributed by atoms with Crippen molar-refractivity contribution in [3.8, 4) is 5.75 Å². The Balaban J connectivity index is 1.96. The van der Waals surface area contributed by atoms with Crippen molar-refractivity contribution in [3.05, 3.63) is 64.4 Å². The van der Waals surface area contributed by atoms with Crippen LogP contribution in [0.25, 0.3) is 10.1 Å². The first-order valence-corrected chi connectivity index (χ1v) is 10.2. The molecule has 0 bridgehead atoms. The van der Waals surface area contributed by atoms with Crippen LogP contribution in [0.2, 0.25) is 5.02 Å². The van der Waals surface area contributed by atoms with Crippen molar-refractivity contribution in [2.75, 3.05) is 12.4 Å². The van der Waals surface area contributed by atoms with E-state index in [1.54, 1.807) is 0 Å². The molecule has 3 aromatic rings. The van der Waals surface area contributed by atoms with Gasteiger partial charge in [0.15, 0.2) is 9.84 Å². The number of benzene rings is 2. The molecule has 1 amide bonds. The van der Waals surface area contributed by atoms with Crippen LogP contribution >= 0.6 is 22.9 Å². The monoisotopic (exact) mass is 407 g/mol. The van der Waals surface area contributed by atoms with Gasteiger partial charge in [0.2, 0.25) is 0 Å². The minimum atomic E-state index is -3.60. The van der Waals surface area contributed by atoms with E-state index in [0.29, 0.717) is 15.6 Å². The Morgan fingerprint density at radius 3 is 2.65 bits per heavy atom. The molecule has 0 aliphatic rings. The van der Waals surface area contributed by atoms with Crippen molar-refractivity contribution in [2.24, 2.45) is 0 Å². The lowest BCUT2D eigenvalue weighted by Gasteiger charge is -2.11. The largest absolute Gasteiger partial charge is 0.495 e. The molecule has 0 aliphatic heterocycles. The predicted molar refractivity (Wildman–Crippen MR) is 105 cm³/mol. The Morgan fingerprint density at radius 1 is 1.27 bits per heavy atom. The molecule has 1 heterocycles. The van der Waals surface area contributed by atoms with Crippen LogP contribution in [0.15, 0.2) is 59.3 Å². The summed E-state index contributed by atoms with van der Waals surface area (Å²) >= 11 is 7.61. The number of carbonyl (C=O) groups excluding carboxylic acids is 1. The third-order valence-electron chi connectivity index (χ3n) is 3.71. The van der Waals surface area contributed by atoms with E-state index in [1.807, 2.05) is 24.3 Å². The van der Waals surface area contributed by atoms with Gasteiger partial charge in [0, 0.05) is 21.6 Å². The van der Waals surface area contributed by atoms with E-state index in [0.717, 1.165) is 15.5 Å². The van der Waals surface area contributed by atoms with E-state index in [9.17, 15) is 13.2 Å². The van der Waals surface area contributed by atoms with Gasteiger partial charge in [0.1, 0.15) is 10.6 Å². The third-order valence-corrected chi connectivity index (χ3v) is 6.73. The van der Waals surface area contributed by atoms with Crippen molar-refractivity contribution in [2.45, 2.75) is 4.90 Å². The molecule has 2 aromatic carbocycles. The second-order valence-corrected chi connectivity index (χ2v) is 8.59. The van der Waals surface area contributed by atoms with Gasteiger partial charge in [-0.1, -0.05) is 36.4 Å². The van der Waals surface area contributed by atoms with Gasteiger partial charge in [0.05, 0.1) is 22.7 Å². The van der Waals surface area contributed by atoms with Gasteiger partial charge >= 0.3 is 0 Å². The molecular weight excluding hydrogens is 394 g/mol. The van der Waals surface area contributed by atoms with Gasteiger partial charge in [0.25, 0.3) is 5.91 Å². The van der Waals surface area contributed by atoms with E-state index < -0.39 is 15.7 Å². The van der Waals surface area contributed by atoms with E-state index >= 15 is 0 Å². The molecule has 0 atom stereocenters. The van der Waals surface area contributed by atoms with Crippen LogP contribution in [0, 0.1) is 0 Å². The minimum absolute atomic E-state index is 0.0299. The summed E-state index contributed by atoms with van der Waals surface area (Å²) < 4.78 is 29.9. The Labute approximate surface area is 159 Å². The number of nitrogens with one attached hydrogen (secondary N) is 1. The lowest BCUT2D eigenvalue weighted by atomic mass is 10.2. The highest BCUT2D eigenvalue weighted by Gasteiger charge is 2.19. The summed E-state index contributed by atoms with van der Waals surface area (Å²) in [7, 11) is -2.21. The van der Waals surface area contributed by atoms with Crippen LogP contribution in [0.1, 0.15) is 9.67 Å². The molecular formula is C18H14ClNO4S2. The van der Waals surface area contributed by atoms with E-state index in [1.165, 1.54) is 36.6 Å². The maximum Gasteiger partial charge on any atom is 0.267 e. The second kappa shape index (κ2) is 7.11. The zero-order valence-electron chi connectivity index (χ0n) is 13.7. The summed E-state index contributed by atoms with van der Waals surface area (Å²) in [6.07, 6.45) is 0. The fourth-order valence-electron chi connectivity index (χ4n) is 2.39. The number of hydrogen-bond donors (Lipinski definition) is 1. The fraction of sp³-hybridized carbons (Fsp3) is 0.0556. The van der Waals surface area contributed by atoms with Crippen molar-refractivity contribution in [3.63, 3.8) is 0 Å². The summed E-state index contributed by atoms with van der Waals surface area (Å²) in [6.45, 7) is 3.29. The third kappa shape index (κ3) is 3.33. The maximum atomic E-state index is 12.6. The molecule has 1 aromatic heterocycles. The van der Waals surface area contributed by atoms with Crippen LogP contribution in [-0.4, -0.2) is 21.4 Å². The van der Waals surface area contributed by atoms with Crippen LogP contribution in [0.3, 0.4) is 0 Å². The summed E-state index contributed by atoms with van der Waals surface area (Å²) in [6, 6.07) is 11.6. The smallest absolute Gasteiger partial charge is 0.267 e. The highest BCUT2D eigenvalue weighted by Crippen LogP contribution is 2.36. The summed E-state index contributed by atoms with van der Waals surface area (Å²) in [5.74, 6) is -0.174. The highest BCUT2D eigenvalue weighted by atomic mass is 35.5. The molecule has 0 fully saturated rings. The second-order valence-electron chi connectivity index (χ2n) is 5.27. The van der Waals surface area contributed by atoms with Crippen molar-refractivity contribution in [1.82, 2.24) is 0 Å². The normalized spacial score (nSPS) is 11.3. The molecule has 0 radical (unpaired) electrons. The number of halogens is 1. The number of methoxy groups -OCH3 is 1. The Bertz CT molecular complexity index is 1120. The lowest BCUT2D eigenvalue weighted by molar-refractivity contribution is 0.103. The number of amides is 1. The quantitative estimate of drug-likeness (QED) is 0.663. The molecule has 3 rings (SSSR count). The zero-order chi connectivity index (χ0) is 18.9. The molecule has 5 nitrogen and oxygen atoms in total. The molecule has 0 saturated carbocycles. The average Bonchev–Trinajstić information content (AvgIpc) is 2.99. The first-order valence-electron chi connectivity index (χ1n) is 7.41. The minimum Gasteiger partial charge on any atom is -0.495 e. The lowest BCUT2D eigenvalue weighted by Crippen LogP contribution is -2.12. The number of thiophene rings is 1. The Morgan fingerprint density at radius 2 is 2.00 bits per heavy atom. The summed E-state index contributed by atoms with van der Waals surface area (Å²) in [5, 5.41) is 4.77. The number of rotatable bonds is 5. The summed E-state index contributed by atoms with van der Waals surface area (Å²) in [4.78, 5) is 13.0. The fourth-order valence-corrected chi connectivity index (χ4v) is 4.52. The zero-order valence-corrected chi connectivity index (χ0v) is 16.0. The molecule has 1 N–H and O–H groups in total. The SMILES string of the molecule is C=CS(=O)(=O)c1ccc(NC(=O)c2sc3ccccc3c2Cl)c(OC)c1. The van der Waals surface area contributed by atoms with Crippen molar-refractivity contribution < 1.29 is 17.9 Å². The predicted octanol–water partition coefficient (Wildman–Crippen LogP) is 4.73. The highest BCUT2D eigenvalue weighted by molar-refractivity contribution is 7.94. The number of ether oxygens (including phenoxy) is 1. The van der Waals surface area contributed by atoms with Crippen molar-refractivity contribution in [1.29, 1.82) is 0 Å². The Hall–Kier alpha value is -2.35. The average molecular weight is 408 g/mol. The van der Waals surface area contributed by atoms with Gasteiger partial charge in [-0.15, -0.1) is 11.3 Å². The molecule has 0 unspecified atom stereocenters. The number of carbonyl (C=O) groups is 1. The van der Waals surface area contributed by atoms with Gasteiger partial charge in [-0.05, 0) is 18.2 Å². The van der Waals surface area contributed by atoms with Gasteiger partial charge in [-0.3, -0.25) is 4.79 Å². The number of hydrogen-bond acceptors (Lipinski definition) is 5. The summed E-state index contributed by atoms with van der Waals surface area (Å²) in [5.41, 5.74) is 0.342. The molecule has 0 aliphatic carbocycles. The van der Waals surface area contributed by atoms with Crippen LogP contribution in [-0.2, 0) is 9.84 Å². The van der Waals surface area contributed by atoms with Crippen molar-refractivity contribution >= 4 is 54.5 Å². The molecule has 0 spiro atoms. The van der Waals surface area contributed by atoms with Crippen LogP contribution in [0.5, 0.6) is 5.75 Å². The number of fused-ring (bicyclic) bond motifs is 1.